The number of carbonyl (C=O) groups excluding carboxylic acids is 2. The summed E-state index contributed by atoms with van der Waals surface area (Å²) in [6.07, 6.45) is 2.35. The lowest BCUT2D eigenvalue weighted by Crippen LogP contribution is -2.37. The average molecular weight is 461 g/mol. The van der Waals surface area contributed by atoms with Gasteiger partial charge in [0.2, 0.25) is 0 Å². The van der Waals surface area contributed by atoms with Crippen LogP contribution in [0.3, 0.4) is 0 Å². The van der Waals surface area contributed by atoms with Crippen molar-refractivity contribution in [3.8, 4) is 5.75 Å². The van der Waals surface area contributed by atoms with Crippen molar-refractivity contribution in [1.82, 2.24) is 5.32 Å². The Bertz CT molecular complexity index is 1210. The van der Waals surface area contributed by atoms with Gasteiger partial charge < -0.3 is 14.8 Å². The predicted octanol–water partition coefficient (Wildman–Crippen LogP) is 4.56. The first-order valence-electron chi connectivity index (χ1n) is 11.0. The molecule has 1 heterocycles. The molecule has 0 atom stereocenters. The quantitative estimate of drug-likeness (QED) is 0.395. The molecule has 174 valence electrons. The number of nitrogens with zero attached hydrogens (tertiary/aromatic N) is 1. The molecule has 0 saturated carbocycles. The zero-order valence-corrected chi connectivity index (χ0v) is 18.8. The van der Waals surface area contributed by atoms with Gasteiger partial charge in [-0.15, -0.1) is 0 Å². The smallest absolute Gasteiger partial charge is 0.294 e. The van der Waals surface area contributed by atoms with E-state index in [1.807, 2.05) is 6.07 Å². The average Bonchev–Trinajstić information content (AvgIpc) is 2.86. The Kier molecular flexibility index (Phi) is 7.34. The molecule has 7 heteroatoms. The van der Waals surface area contributed by atoms with Gasteiger partial charge in [0.15, 0.2) is 11.5 Å². The molecule has 1 aliphatic heterocycles. The Morgan fingerprint density at radius 2 is 1.79 bits per heavy atom. The number of methoxy groups -OCH3 is 1. The Morgan fingerprint density at radius 1 is 1.06 bits per heavy atom. The van der Waals surface area contributed by atoms with E-state index in [2.05, 4.69) is 5.32 Å². The van der Waals surface area contributed by atoms with Gasteiger partial charge in [-0.25, -0.2) is 4.39 Å². The number of anilines is 1. The third-order valence-electron chi connectivity index (χ3n) is 5.40. The maximum absolute atomic E-state index is 14.3. The summed E-state index contributed by atoms with van der Waals surface area (Å²) in [5.74, 6) is -0.295. The van der Waals surface area contributed by atoms with Crippen LogP contribution in [-0.2, 0) is 16.1 Å². The highest BCUT2D eigenvalue weighted by atomic mass is 19.1. The number of nitrogens with one attached hydrogen (secondary N) is 1. The summed E-state index contributed by atoms with van der Waals surface area (Å²) in [7, 11) is 1.62. The molecule has 0 spiro atoms. The number of rotatable bonds is 8. The van der Waals surface area contributed by atoms with Crippen molar-refractivity contribution in [2.24, 2.45) is 0 Å². The molecule has 0 saturated heterocycles. The first-order valence-corrected chi connectivity index (χ1v) is 11.0. The van der Waals surface area contributed by atoms with Crippen LogP contribution in [0.5, 0.6) is 5.75 Å². The fraction of sp³-hybridized carbons (Fsp3) is 0.185. The van der Waals surface area contributed by atoms with Crippen molar-refractivity contribution in [3.63, 3.8) is 0 Å². The number of carbonyl (C=O) groups is 2. The van der Waals surface area contributed by atoms with Gasteiger partial charge in [-0.05, 0) is 48.4 Å². The van der Waals surface area contributed by atoms with Crippen LogP contribution in [0, 0.1) is 5.82 Å². The summed E-state index contributed by atoms with van der Waals surface area (Å²) in [6.45, 7) is 1.18. The standard InChI is InChI=1S/C27H25FN2O4/c1-33-16-6-15-29-26(31)20-13-11-19(12-14-20)17-25-27(32)30(18-21-7-2-3-8-22(21)28)23-9-4-5-10-24(23)34-25/h2-5,7-14,17H,6,15-16,18H2,1H3,(H,29,31). The van der Waals surface area contributed by atoms with E-state index in [4.69, 9.17) is 9.47 Å². The molecule has 1 aliphatic rings. The van der Waals surface area contributed by atoms with Crippen molar-refractivity contribution < 1.29 is 23.5 Å². The van der Waals surface area contributed by atoms with E-state index in [1.54, 1.807) is 73.8 Å². The normalized spacial score (nSPS) is 14.0. The summed E-state index contributed by atoms with van der Waals surface area (Å²) < 4.78 is 25.1. The summed E-state index contributed by atoms with van der Waals surface area (Å²) in [6, 6.07) is 20.4. The topological polar surface area (TPSA) is 67.9 Å². The lowest BCUT2D eigenvalue weighted by atomic mass is 10.1. The number of amides is 2. The van der Waals surface area contributed by atoms with Gasteiger partial charge >= 0.3 is 0 Å². The fourth-order valence-electron chi connectivity index (χ4n) is 3.62. The van der Waals surface area contributed by atoms with Gasteiger partial charge in [0.25, 0.3) is 11.8 Å². The highest BCUT2D eigenvalue weighted by molar-refractivity contribution is 6.09. The van der Waals surface area contributed by atoms with E-state index in [-0.39, 0.29) is 29.9 Å². The van der Waals surface area contributed by atoms with E-state index in [0.29, 0.717) is 41.3 Å². The lowest BCUT2D eigenvalue weighted by molar-refractivity contribution is -0.117. The minimum absolute atomic E-state index is 0.0748. The fourth-order valence-corrected chi connectivity index (χ4v) is 3.62. The highest BCUT2D eigenvalue weighted by Gasteiger charge is 2.30. The van der Waals surface area contributed by atoms with Gasteiger partial charge in [-0.1, -0.05) is 42.5 Å². The van der Waals surface area contributed by atoms with Crippen molar-refractivity contribution in [3.05, 3.63) is 101 Å². The molecule has 0 fully saturated rings. The lowest BCUT2D eigenvalue weighted by Gasteiger charge is -2.30. The summed E-state index contributed by atoms with van der Waals surface area (Å²) in [5.41, 5.74) is 2.20. The van der Waals surface area contributed by atoms with E-state index in [9.17, 15) is 14.0 Å². The molecule has 6 nitrogen and oxygen atoms in total. The molecular weight excluding hydrogens is 435 g/mol. The predicted molar refractivity (Wildman–Crippen MR) is 128 cm³/mol. The van der Waals surface area contributed by atoms with Crippen molar-refractivity contribution >= 4 is 23.6 Å². The van der Waals surface area contributed by atoms with Crippen LogP contribution in [0.15, 0.2) is 78.6 Å². The monoisotopic (exact) mass is 460 g/mol. The van der Waals surface area contributed by atoms with Crippen LogP contribution in [0.2, 0.25) is 0 Å². The van der Waals surface area contributed by atoms with Gasteiger partial charge in [0.1, 0.15) is 5.82 Å². The second kappa shape index (κ2) is 10.8. The van der Waals surface area contributed by atoms with Crippen molar-refractivity contribution in [2.45, 2.75) is 13.0 Å². The Hall–Kier alpha value is -3.97. The molecule has 0 aromatic heterocycles. The third kappa shape index (κ3) is 5.32. The van der Waals surface area contributed by atoms with Crippen LogP contribution in [-0.4, -0.2) is 32.1 Å². The number of hydrogen-bond donors (Lipinski definition) is 1. The van der Waals surface area contributed by atoms with Gasteiger partial charge in [0.05, 0.1) is 12.2 Å². The Morgan fingerprint density at radius 3 is 2.56 bits per heavy atom. The first-order chi connectivity index (χ1) is 16.6. The maximum atomic E-state index is 14.3. The maximum Gasteiger partial charge on any atom is 0.294 e. The summed E-state index contributed by atoms with van der Waals surface area (Å²) in [5, 5.41) is 2.84. The number of para-hydroxylation sites is 2. The zero-order valence-electron chi connectivity index (χ0n) is 18.8. The second-order valence-corrected chi connectivity index (χ2v) is 7.79. The number of hydrogen-bond acceptors (Lipinski definition) is 4. The van der Waals surface area contributed by atoms with Crippen LogP contribution < -0.4 is 15.0 Å². The van der Waals surface area contributed by atoms with Crippen molar-refractivity contribution in [1.29, 1.82) is 0 Å². The molecule has 0 unspecified atom stereocenters. The third-order valence-corrected chi connectivity index (χ3v) is 5.40. The van der Waals surface area contributed by atoms with E-state index < -0.39 is 0 Å². The van der Waals surface area contributed by atoms with Crippen molar-refractivity contribution in [2.75, 3.05) is 25.2 Å². The molecule has 3 aromatic rings. The van der Waals surface area contributed by atoms with Gasteiger partial charge in [-0.2, -0.15) is 0 Å². The zero-order chi connectivity index (χ0) is 23.9. The minimum atomic E-state index is -0.374. The van der Waals surface area contributed by atoms with E-state index in [0.717, 1.165) is 6.42 Å². The van der Waals surface area contributed by atoms with Crippen LogP contribution >= 0.6 is 0 Å². The van der Waals surface area contributed by atoms with Crippen LogP contribution in [0.1, 0.15) is 27.9 Å². The van der Waals surface area contributed by atoms with Gasteiger partial charge in [0, 0.05) is 31.4 Å². The SMILES string of the molecule is COCCCNC(=O)c1ccc(C=C2Oc3ccccc3N(Cc3ccccc3F)C2=O)cc1. The largest absolute Gasteiger partial charge is 0.449 e. The molecule has 0 aliphatic carbocycles. The summed E-state index contributed by atoms with van der Waals surface area (Å²) >= 11 is 0. The number of ether oxygens (including phenoxy) is 2. The molecule has 0 radical (unpaired) electrons. The Labute approximate surface area is 197 Å². The van der Waals surface area contributed by atoms with E-state index in [1.165, 1.54) is 11.0 Å². The van der Waals surface area contributed by atoms with Crippen LogP contribution in [0.4, 0.5) is 10.1 Å². The highest BCUT2D eigenvalue weighted by Crippen LogP contribution is 2.36. The molecular formula is C27H25FN2O4. The molecule has 1 N–H and O–H groups in total. The number of benzene rings is 3. The number of halogens is 1. The second-order valence-electron chi connectivity index (χ2n) is 7.79. The van der Waals surface area contributed by atoms with Crippen LogP contribution in [0.25, 0.3) is 6.08 Å². The molecule has 4 rings (SSSR count). The molecule has 2 amide bonds. The Balaban J connectivity index is 1.55. The van der Waals surface area contributed by atoms with E-state index >= 15 is 0 Å². The minimum Gasteiger partial charge on any atom is -0.449 e. The number of fused-ring (bicyclic) bond motifs is 1. The first kappa shape index (κ1) is 23.2. The molecule has 34 heavy (non-hydrogen) atoms. The molecule has 3 aromatic carbocycles. The van der Waals surface area contributed by atoms with Gasteiger partial charge in [-0.3, -0.25) is 14.5 Å². The molecule has 0 bridgehead atoms. The summed E-state index contributed by atoms with van der Waals surface area (Å²) in [4.78, 5) is 27.1.